The molecule has 0 unspecified atom stereocenters. The Kier molecular flexibility index (Phi) is 3.41. The van der Waals surface area contributed by atoms with Gasteiger partial charge in [0.05, 0.1) is 11.9 Å². The minimum Gasteiger partial charge on any atom is -0.310 e. The van der Waals surface area contributed by atoms with Gasteiger partial charge in [0.25, 0.3) is 5.56 Å². The number of aromatic amines is 1. The van der Waals surface area contributed by atoms with E-state index in [4.69, 9.17) is 0 Å². The highest BCUT2D eigenvalue weighted by Crippen LogP contribution is 2.35. The van der Waals surface area contributed by atoms with Crippen molar-refractivity contribution < 1.29 is 0 Å². The molecule has 2 N–H and O–H groups in total. The van der Waals surface area contributed by atoms with Gasteiger partial charge in [-0.1, -0.05) is 13.8 Å². The lowest BCUT2D eigenvalue weighted by molar-refractivity contribution is 0.509. The van der Waals surface area contributed by atoms with Gasteiger partial charge in [-0.25, -0.2) is 4.98 Å². The summed E-state index contributed by atoms with van der Waals surface area (Å²) in [5.74, 6) is 1.46. The highest BCUT2D eigenvalue weighted by Gasteiger charge is 2.22. The van der Waals surface area contributed by atoms with Crippen LogP contribution < -0.4 is 10.9 Å². The van der Waals surface area contributed by atoms with Crippen molar-refractivity contribution in [3.8, 4) is 0 Å². The Morgan fingerprint density at radius 3 is 3.16 bits per heavy atom. The topological polar surface area (TPSA) is 57.8 Å². The fraction of sp³-hybridized carbons (Fsp3) is 0.571. The van der Waals surface area contributed by atoms with E-state index in [9.17, 15) is 4.79 Å². The molecule has 0 spiro atoms. The first-order valence-electron chi connectivity index (χ1n) is 6.93. The van der Waals surface area contributed by atoms with Gasteiger partial charge in [0.1, 0.15) is 10.7 Å². The van der Waals surface area contributed by atoms with E-state index in [1.165, 1.54) is 16.9 Å². The van der Waals surface area contributed by atoms with Crippen LogP contribution in [0.5, 0.6) is 0 Å². The van der Waals surface area contributed by atoms with Gasteiger partial charge in [0.2, 0.25) is 0 Å². The van der Waals surface area contributed by atoms with Crippen LogP contribution in [0, 0.1) is 5.92 Å². The molecule has 0 amide bonds. The second-order valence-corrected chi connectivity index (χ2v) is 6.41. The first kappa shape index (κ1) is 12.8. The number of H-pyrrole nitrogens is 1. The fourth-order valence-corrected chi connectivity index (χ4v) is 4.12. The van der Waals surface area contributed by atoms with Crippen LogP contribution in [-0.2, 0) is 19.4 Å². The largest absolute Gasteiger partial charge is 0.310 e. The van der Waals surface area contributed by atoms with Crippen molar-refractivity contribution in [2.24, 2.45) is 5.92 Å². The van der Waals surface area contributed by atoms with Crippen molar-refractivity contribution >= 4 is 21.6 Å². The molecule has 2 aromatic rings. The number of hydrogen-bond donors (Lipinski definition) is 2. The first-order valence-corrected chi connectivity index (χ1v) is 7.74. The molecule has 0 saturated heterocycles. The third kappa shape index (κ3) is 2.32. The zero-order chi connectivity index (χ0) is 13.4. The van der Waals surface area contributed by atoms with E-state index in [1.54, 1.807) is 11.3 Å². The smallest absolute Gasteiger partial charge is 0.259 e. The van der Waals surface area contributed by atoms with Crippen molar-refractivity contribution in [1.82, 2.24) is 15.3 Å². The highest BCUT2D eigenvalue weighted by atomic mass is 32.1. The molecule has 2 aromatic heterocycles. The van der Waals surface area contributed by atoms with E-state index in [2.05, 4.69) is 22.2 Å². The van der Waals surface area contributed by atoms with Crippen LogP contribution in [0.2, 0.25) is 0 Å². The number of hydrogen-bond acceptors (Lipinski definition) is 4. The third-order valence-corrected chi connectivity index (χ3v) is 4.91. The number of aromatic nitrogens is 2. The van der Waals surface area contributed by atoms with Gasteiger partial charge in [-0.05, 0) is 37.3 Å². The molecule has 1 aliphatic carbocycles. The molecule has 1 aliphatic rings. The van der Waals surface area contributed by atoms with Crippen LogP contribution in [0.1, 0.15) is 36.5 Å². The third-order valence-electron chi connectivity index (χ3n) is 3.76. The Morgan fingerprint density at radius 1 is 1.53 bits per heavy atom. The normalized spacial score (nSPS) is 18.7. The Morgan fingerprint density at radius 2 is 2.37 bits per heavy atom. The predicted molar refractivity (Wildman–Crippen MR) is 78.8 cm³/mol. The molecule has 0 saturated carbocycles. The second kappa shape index (κ2) is 5.06. The fourth-order valence-electron chi connectivity index (χ4n) is 2.72. The summed E-state index contributed by atoms with van der Waals surface area (Å²) in [4.78, 5) is 22.1. The minimum absolute atomic E-state index is 0.0324. The number of aryl methyl sites for hydroxylation is 1. The van der Waals surface area contributed by atoms with Gasteiger partial charge in [-0.2, -0.15) is 0 Å². The van der Waals surface area contributed by atoms with E-state index in [-0.39, 0.29) is 5.56 Å². The van der Waals surface area contributed by atoms with Gasteiger partial charge in [0.15, 0.2) is 0 Å². The molecule has 0 fully saturated rings. The molecule has 102 valence electrons. The molecule has 3 rings (SSSR count). The average molecular weight is 277 g/mol. The monoisotopic (exact) mass is 277 g/mol. The van der Waals surface area contributed by atoms with Crippen molar-refractivity contribution in [2.75, 3.05) is 6.54 Å². The van der Waals surface area contributed by atoms with Crippen LogP contribution in [-0.4, -0.2) is 16.5 Å². The zero-order valence-electron chi connectivity index (χ0n) is 11.4. The standard InChI is InChI=1S/C14H19N3OS/c1-3-15-7-11-16-13(18)12-9-5-4-8(2)6-10(9)19-14(12)17-11/h8,15H,3-7H2,1-2H3,(H,16,17,18)/t8-/m0/s1. The van der Waals surface area contributed by atoms with E-state index < -0.39 is 0 Å². The molecule has 1 atom stereocenters. The van der Waals surface area contributed by atoms with E-state index >= 15 is 0 Å². The van der Waals surface area contributed by atoms with Gasteiger partial charge >= 0.3 is 0 Å². The maximum atomic E-state index is 12.3. The summed E-state index contributed by atoms with van der Waals surface area (Å²) in [5.41, 5.74) is 1.28. The number of nitrogens with one attached hydrogen (secondary N) is 2. The second-order valence-electron chi connectivity index (χ2n) is 5.32. The molecule has 2 heterocycles. The molecular formula is C14H19N3OS. The quantitative estimate of drug-likeness (QED) is 0.904. The van der Waals surface area contributed by atoms with Crippen molar-refractivity contribution in [2.45, 2.75) is 39.7 Å². The first-order chi connectivity index (χ1) is 9.19. The van der Waals surface area contributed by atoms with Crippen LogP contribution in [0.15, 0.2) is 4.79 Å². The van der Waals surface area contributed by atoms with Crippen molar-refractivity contribution in [1.29, 1.82) is 0 Å². The lowest BCUT2D eigenvalue weighted by Gasteiger charge is -2.17. The van der Waals surface area contributed by atoms with Gasteiger partial charge in [-0.15, -0.1) is 11.3 Å². The summed E-state index contributed by atoms with van der Waals surface area (Å²) in [5, 5.41) is 4.04. The number of fused-ring (bicyclic) bond motifs is 3. The molecule has 0 aromatic carbocycles. The Labute approximate surface area is 116 Å². The lowest BCUT2D eigenvalue weighted by Crippen LogP contribution is -2.19. The molecule has 19 heavy (non-hydrogen) atoms. The van der Waals surface area contributed by atoms with Crippen LogP contribution in [0.4, 0.5) is 0 Å². The SMILES string of the molecule is CCNCc1nc2sc3c(c2c(=O)[nH]1)CC[C@H](C)C3. The van der Waals surface area contributed by atoms with Crippen LogP contribution in [0.3, 0.4) is 0 Å². The predicted octanol–water partition coefficient (Wildman–Crippen LogP) is 2.22. The number of thiophene rings is 1. The minimum atomic E-state index is 0.0324. The molecule has 0 aliphatic heterocycles. The van der Waals surface area contributed by atoms with Gasteiger partial charge in [-0.3, -0.25) is 4.79 Å². The zero-order valence-corrected chi connectivity index (χ0v) is 12.2. The van der Waals surface area contributed by atoms with E-state index in [1.807, 2.05) is 6.92 Å². The summed E-state index contributed by atoms with van der Waals surface area (Å²) in [7, 11) is 0. The van der Waals surface area contributed by atoms with Crippen molar-refractivity contribution in [3.63, 3.8) is 0 Å². The maximum Gasteiger partial charge on any atom is 0.259 e. The molecule has 4 nitrogen and oxygen atoms in total. The lowest BCUT2D eigenvalue weighted by atomic mass is 9.89. The van der Waals surface area contributed by atoms with E-state index in [0.717, 1.165) is 41.3 Å². The molecular weight excluding hydrogens is 258 g/mol. The molecule has 0 radical (unpaired) electrons. The highest BCUT2D eigenvalue weighted by molar-refractivity contribution is 7.18. The summed E-state index contributed by atoms with van der Waals surface area (Å²) in [6, 6.07) is 0. The Balaban J connectivity index is 2.09. The van der Waals surface area contributed by atoms with Crippen LogP contribution in [0.25, 0.3) is 10.2 Å². The summed E-state index contributed by atoms with van der Waals surface area (Å²) < 4.78 is 0. The average Bonchev–Trinajstić information content (AvgIpc) is 2.73. The molecule has 0 bridgehead atoms. The summed E-state index contributed by atoms with van der Waals surface area (Å²) in [6.07, 6.45) is 3.30. The van der Waals surface area contributed by atoms with Gasteiger partial charge in [0, 0.05) is 4.88 Å². The van der Waals surface area contributed by atoms with E-state index in [0.29, 0.717) is 6.54 Å². The molecule has 5 heteroatoms. The van der Waals surface area contributed by atoms with Crippen LogP contribution >= 0.6 is 11.3 Å². The number of rotatable bonds is 3. The maximum absolute atomic E-state index is 12.3. The summed E-state index contributed by atoms with van der Waals surface area (Å²) in [6.45, 7) is 5.82. The number of nitrogens with zero attached hydrogens (tertiary/aromatic N) is 1. The van der Waals surface area contributed by atoms with Gasteiger partial charge < -0.3 is 10.3 Å². The van der Waals surface area contributed by atoms with Crippen molar-refractivity contribution in [3.05, 3.63) is 26.6 Å². The Bertz CT molecular complexity index is 658. The Hall–Kier alpha value is -1.20. The summed E-state index contributed by atoms with van der Waals surface area (Å²) >= 11 is 1.71.